The molecular formula is C19H20N4O2. The van der Waals surface area contributed by atoms with Gasteiger partial charge in [-0.05, 0) is 46.7 Å². The second-order valence-electron chi connectivity index (χ2n) is 6.23. The Hall–Kier alpha value is -3.02. The molecule has 1 heterocycles. The summed E-state index contributed by atoms with van der Waals surface area (Å²) in [4.78, 5) is 12.1. The predicted molar refractivity (Wildman–Crippen MR) is 94.8 cm³/mol. The zero-order valence-electron chi connectivity index (χ0n) is 14.7. The van der Waals surface area contributed by atoms with Crippen LogP contribution < -0.4 is 0 Å². The Morgan fingerprint density at radius 2 is 1.80 bits per heavy atom. The summed E-state index contributed by atoms with van der Waals surface area (Å²) in [5.41, 5.74) is 4.28. The maximum Gasteiger partial charge on any atom is 0.337 e. The van der Waals surface area contributed by atoms with Crippen molar-refractivity contribution >= 4 is 5.97 Å². The third-order valence-corrected chi connectivity index (χ3v) is 3.98. The third-order valence-electron chi connectivity index (χ3n) is 3.98. The first-order valence-corrected chi connectivity index (χ1v) is 8.08. The smallest absolute Gasteiger partial charge is 0.337 e. The van der Waals surface area contributed by atoms with Gasteiger partial charge in [0, 0.05) is 5.92 Å². The lowest BCUT2D eigenvalue weighted by molar-refractivity contribution is 0.0600. The molecule has 0 amide bonds. The van der Waals surface area contributed by atoms with E-state index in [9.17, 15) is 4.79 Å². The first-order valence-electron chi connectivity index (χ1n) is 8.08. The summed E-state index contributed by atoms with van der Waals surface area (Å²) in [7, 11) is 1.37. The number of carbonyl (C=O) groups is 1. The molecule has 0 N–H and O–H groups in total. The number of esters is 1. The lowest BCUT2D eigenvalue weighted by Gasteiger charge is -2.11. The van der Waals surface area contributed by atoms with E-state index in [0.29, 0.717) is 5.56 Å². The van der Waals surface area contributed by atoms with E-state index in [-0.39, 0.29) is 5.92 Å². The lowest BCUT2D eigenvalue weighted by Crippen LogP contribution is -2.08. The van der Waals surface area contributed by atoms with E-state index < -0.39 is 5.97 Å². The Labute approximate surface area is 146 Å². The molecule has 0 spiro atoms. The van der Waals surface area contributed by atoms with Crippen molar-refractivity contribution in [2.45, 2.75) is 26.7 Å². The van der Waals surface area contributed by atoms with Gasteiger partial charge in [0.25, 0.3) is 0 Å². The van der Waals surface area contributed by atoms with Gasteiger partial charge in [0.05, 0.1) is 18.4 Å². The van der Waals surface area contributed by atoms with Crippen LogP contribution in [0.15, 0.2) is 42.5 Å². The fourth-order valence-electron chi connectivity index (χ4n) is 2.62. The largest absolute Gasteiger partial charge is 0.465 e. The highest BCUT2D eigenvalue weighted by atomic mass is 16.5. The normalized spacial score (nSPS) is 10.9. The van der Waals surface area contributed by atoms with Gasteiger partial charge in [0.15, 0.2) is 5.82 Å². The van der Waals surface area contributed by atoms with Crippen molar-refractivity contribution < 1.29 is 9.53 Å². The summed E-state index contributed by atoms with van der Waals surface area (Å²) in [5, 5.41) is 11.9. The van der Waals surface area contributed by atoms with Gasteiger partial charge in [-0.1, -0.05) is 43.7 Å². The summed E-state index contributed by atoms with van der Waals surface area (Å²) in [6.07, 6.45) is 0. The van der Waals surface area contributed by atoms with Crippen LogP contribution in [-0.2, 0) is 4.74 Å². The van der Waals surface area contributed by atoms with Crippen molar-refractivity contribution in [2.24, 2.45) is 0 Å². The minimum absolute atomic E-state index is 0.152. The van der Waals surface area contributed by atoms with Crippen LogP contribution in [0.1, 0.15) is 41.5 Å². The molecule has 0 aliphatic rings. The molecule has 0 bridgehead atoms. The Bertz CT molecular complexity index is 898. The van der Waals surface area contributed by atoms with Crippen molar-refractivity contribution in [3.8, 4) is 16.8 Å². The molecule has 0 atom stereocenters. The number of benzene rings is 2. The SMILES string of the molecule is COC(=O)c1cc(-c2ccc(C)cc2)cc(-n2nnnc2C(C)C)c1. The molecule has 0 aliphatic heterocycles. The van der Waals surface area contributed by atoms with Gasteiger partial charge in [-0.2, -0.15) is 4.68 Å². The molecular weight excluding hydrogens is 316 g/mol. The van der Waals surface area contributed by atoms with Crippen LogP contribution in [0.3, 0.4) is 0 Å². The van der Waals surface area contributed by atoms with Crippen LogP contribution in [-0.4, -0.2) is 33.3 Å². The van der Waals surface area contributed by atoms with Gasteiger partial charge in [-0.25, -0.2) is 4.79 Å². The Morgan fingerprint density at radius 1 is 1.08 bits per heavy atom. The van der Waals surface area contributed by atoms with Gasteiger partial charge in [0.1, 0.15) is 0 Å². The average Bonchev–Trinajstić information content (AvgIpc) is 3.11. The molecule has 0 fully saturated rings. The van der Waals surface area contributed by atoms with Gasteiger partial charge in [-0.3, -0.25) is 0 Å². The van der Waals surface area contributed by atoms with Crippen molar-refractivity contribution in [3.63, 3.8) is 0 Å². The predicted octanol–water partition coefficient (Wildman–Crippen LogP) is 3.55. The lowest BCUT2D eigenvalue weighted by atomic mass is 10.0. The summed E-state index contributed by atoms with van der Waals surface area (Å²) < 4.78 is 6.56. The highest BCUT2D eigenvalue weighted by molar-refractivity contribution is 5.92. The fourth-order valence-corrected chi connectivity index (χ4v) is 2.62. The van der Waals surface area contributed by atoms with Gasteiger partial charge < -0.3 is 4.74 Å². The molecule has 0 saturated carbocycles. The number of hydrogen-bond acceptors (Lipinski definition) is 5. The van der Waals surface area contributed by atoms with Crippen LogP contribution >= 0.6 is 0 Å². The number of carbonyl (C=O) groups excluding carboxylic acids is 1. The van der Waals surface area contributed by atoms with Crippen LogP contribution in [0.25, 0.3) is 16.8 Å². The second kappa shape index (κ2) is 6.84. The molecule has 6 nitrogen and oxygen atoms in total. The Kier molecular flexibility index (Phi) is 4.61. The van der Waals surface area contributed by atoms with Crippen LogP contribution in [0.4, 0.5) is 0 Å². The van der Waals surface area contributed by atoms with Gasteiger partial charge in [0.2, 0.25) is 0 Å². The minimum atomic E-state index is -0.394. The third kappa shape index (κ3) is 3.42. The molecule has 0 radical (unpaired) electrons. The van der Waals surface area contributed by atoms with Crippen LogP contribution in [0.2, 0.25) is 0 Å². The minimum Gasteiger partial charge on any atom is -0.465 e. The van der Waals surface area contributed by atoms with E-state index in [1.165, 1.54) is 12.7 Å². The number of nitrogens with zero attached hydrogens (tertiary/aromatic N) is 4. The summed E-state index contributed by atoms with van der Waals surface area (Å²) in [6, 6.07) is 13.7. The summed E-state index contributed by atoms with van der Waals surface area (Å²) in [6.45, 7) is 6.08. The van der Waals surface area contributed by atoms with Gasteiger partial charge >= 0.3 is 5.97 Å². The first-order chi connectivity index (χ1) is 12.0. The molecule has 6 heteroatoms. The molecule has 0 aliphatic carbocycles. The van der Waals surface area contributed by atoms with Crippen molar-refractivity contribution in [1.29, 1.82) is 0 Å². The number of aryl methyl sites for hydroxylation is 1. The van der Waals surface area contributed by atoms with E-state index in [4.69, 9.17) is 4.74 Å². The highest BCUT2D eigenvalue weighted by Crippen LogP contribution is 2.26. The monoisotopic (exact) mass is 336 g/mol. The van der Waals surface area contributed by atoms with E-state index in [2.05, 4.69) is 15.5 Å². The first kappa shape index (κ1) is 16.8. The average molecular weight is 336 g/mol. The van der Waals surface area contributed by atoms with E-state index >= 15 is 0 Å². The topological polar surface area (TPSA) is 69.9 Å². The number of hydrogen-bond donors (Lipinski definition) is 0. The number of aromatic nitrogens is 4. The van der Waals surface area contributed by atoms with Crippen LogP contribution in [0.5, 0.6) is 0 Å². The zero-order valence-corrected chi connectivity index (χ0v) is 14.7. The molecule has 25 heavy (non-hydrogen) atoms. The van der Waals surface area contributed by atoms with Crippen molar-refractivity contribution in [3.05, 3.63) is 59.4 Å². The standard InChI is InChI=1S/C19H20N4O2/c1-12(2)18-20-21-22-23(18)17-10-15(9-16(11-17)19(24)25-4)14-7-5-13(3)6-8-14/h5-12H,1-4H3. The summed E-state index contributed by atoms with van der Waals surface area (Å²) >= 11 is 0. The van der Waals surface area contributed by atoms with E-state index in [0.717, 1.165) is 22.6 Å². The highest BCUT2D eigenvalue weighted by Gasteiger charge is 2.16. The quantitative estimate of drug-likeness (QED) is 0.682. The number of rotatable bonds is 4. The van der Waals surface area contributed by atoms with E-state index in [1.807, 2.05) is 57.2 Å². The molecule has 0 saturated heterocycles. The molecule has 2 aromatic carbocycles. The maximum absolute atomic E-state index is 12.1. The van der Waals surface area contributed by atoms with Crippen molar-refractivity contribution in [2.75, 3.05) is 7.11 Å². The molecule has 128 valence electrons. The second-order valence-corrected chi connectivity index (χ2v) is 6.23. The number of tetrazole rings is 1. The van der Waals surface area contributed by atoms with Crippen LogP contribution in [0, 0.1) is 6.92 Å². The zero-order chi connectivity index (χ0) is 18.0. The maximum atomic E-state index is 12.1. The molecule has 3 rings (SSSR count). The van der Waals surface area contributed by atoms with Crippen molar-refractivity contribution in [1.82, 2.24) is 20.2 Å². The Balaban J connectivity index is 2.18. The molecule has 1 aromatic heterocycles. The molecule has 3 aromatic rings. The number of methoxy groups -OCH3 is 1. The van der Waals surface area contributed by atoms with E-state index in [1.54, 1.807) is 10.7 Å². The summed E-state index contributed by atoms with van der Waals surface area (Å²) in [5.74, 6) is 0.492. The Morgan fingerprint density at radius 3 is 2.44 bits per heavy atom. The van der Waals surface area contributed by atoms with Gasteiger partial charge in [-0.15, -0.1) is 5.10 Å². The number of ether oxygens (including phenoxy) is 1. The molecule has 0 unspecified atom stereocenters. The fraction of sp³-hybridized carbons (Fsp3) is 0.263.